The van der Waals surface area contributed by atoms with Gasteiger partial charge in [0.2, 0.25) is 5.95 Å². The minimum atomic E-state index is -0.188. The van der Waals surface area contributed by atoms with E-state index < -0.39 is 0 Å². The first-order valence-corrected chi connectivity index (χ1v) is 9.60. The summed E-state index contributed by atoms with van der Waals surface area (Å²) in [6.45, 7) is 7.40. The van der Waals surface area contributed by atoms with Crippen LogP contribution in [0.25, 0.3) is 0 Å². The molecule has 0 aliphatic carbocycles. The first-order chi connectivity index (χ1) is 12.6. The van der Waals surface area contributed by atoms with Crippen LogP contribution >= 0.6 is 0 Å². The first-order valence-electron chi connectivity index (χ1n) is 9.60. The van der Waals surface area contributed by atoms with E-state index in [2.05, 4.69) is 41.0 Å². The lowest BCUT2D eigenvalue weighted by molar-refractivity contribution is 0.102. The second kappa shape index (κ2) is 8.30. The van der Waals surface area contributed by atoms with E-state index in [4.69, 9.17) is 0 Å². The molecule has 1 aromatic carbocycles. The SMILES string of the molecule is CCC1CCCCN1c1nccc(C(=O)Nc2ccccc2C(C)C)n1. The van der Waals surface area contributed by atoms with E-state index in [-0.39, 0.29) is 5.91 Å². The van der Waals surface area contributed by atoms with Crippen molar-refractivity contribution in [1.82, 2.24) is 9.97 Å². The number of carbonyl (C=O) groups is 1. The Bertz CT molecular complexity index is 759. The smallest absolute Gasteiger partial charge is 0.274 e. The van der Waals surface area contributed by atoms with E-state index >= 15 is 0 Å². The number of rotatable bonds is 5. The average Bonchev–Trinajstić information content (AvgIpc) is 2.68. The number of hydrogen-bond donors (Lipinski definition) is 1. The average molecular weight is 352 g/mol. The summed E-state index contributed by atoms with van der Waals surface area (Å²) in [6.07, 6.45) is 6.33. The van der Waals surface area contributed by atoms with Crippen LogP contribution in [0.2, 0.25) is 0 Å². The van der Waals surface area contributed by atoms with Gasteiger partial charge in [-0.2, -0.15) is 0 Å². The Balaban J connectivity index is 1.81. The molecule has 2 aromatic rings. The summed E-state index contributed by atoms with van der Waals surface area (Å²) in [5.74, 6) is 0.819. The predicted molar refractivity (Wildman–Crippen MR) is 106 cm³/mol. The highest BCUT2D eigenvalue weighted by Crippen LogP contribution is 2.25. The van der Waals surface area contributed by atoms with E-state index in [1.165, 1.54) is 6.42 Å². The van der Waals surface area contributed by atoms with Crippen molar-refractivity contribution in [2.75, 3.05) is 16.8 Å². The van der Waals surface area contributed by atoms with E-state index in [0.717, 1.165) is 37.1 Å². The van der Waals surface area contributed by atoms with Gasteiger partial charge in [-0.05, 0) is 49.3 Å². The minimum absolute atomic E-state index is 0.188. The number of piperidine rings is 1. The van der Waals surface area contributed by atoms with Gasteiger partial charge in [-0.15, -0.1) is 0 Å². The number of carbonyl (C=O) groups excluding carboxylic acids is 1. The zero-order valence-electron chi connectivity index (χ0n) is 15.9. The number of nitrogens with one attached hydrogen (secondary N) is 1. The van der Waals surface area contributed by atoms with Crippen LogP contribution in [0.3, 0.4) is 0 Å². The lowest BCUT2D eigenvalue weighted by atomic mass is 10.0. The van der Waals surface area contributed by atoms with Gasteiger partial charge < -0.3 is 10.2 Å². The van der Waals surface area contributed by atoms with Crippen LogP contribution in [-0.2, 0) is 0 Å². The number of amides is 1. The fourth-order valence-corrected chi connectivity index (χ4v) is 3.60. The standard InChI is InChI=1S/C21H28N4O/c1-4-16-9-7-8-14-25(16)21-22-13-12-19(24-21)20(26)23-18-11-6-5-10-17(18)15(2)3/h5-6,10-13,15-16H,4,7-9,14H2,1-3H3,(H,23,26). The third-order valence-corrected chi connectivity index (χ3v) is 5.06. The molecule has 1 atom stereocenters. The topological polar surface area (TPSA) is 58.1 Å². The summed E-state index contributed by atoms with van der Waals surface area (Å²) in [4.78, 5) is 24.0. The summed E-state index contributed by atoms with van der Waals surface area (Å²) in [6, 6.07) is 10.1. The van der Waals surface area contributed by atoms with Gasteiger partial charge in [-0.3, -0.25) is 4.79 Å². The highest BCUT2D eigenvalue weighted by atomic mass is 16.1. The molecule has 3 rings (SSSR count). The number of nitrogens with zero attached hydrogens (tertiary/aromatic N) is 3. The summed E-state index contributed by atoms with van der Waals surface area (Å²) < 4.78 is 0. The Kier molecular flexibility index (Phi) is 5.86. The summed E-state index contributed by atoms with van der Waals surface area (Å²) >= 11 is 0. The van der Waals surface area contributed by atoms with Crippen molar-refractivity contribution in [1.29, 1.82) is 0 Å². The van der Waals surface area contributed by atoms with Crippen LogP contribution in [0, 0.1) is 0 Å². The van der Waals surface area contributed by atoms with Gasteiger partial charge in [0.05, 0.1) is 0 Å². The lowest BCUT2D eigenvalue weighted by Gasteiger charge is -2.35. The number of para-hydroxylation sites is 1. The Morgan fingerprint density at radius 3 is 2.85 bits per heavy atom. The molecule has 0 radical (unpaired) electrons. The molecule has 1 amide bonds. The summed E-state index contributed by atoms with van der Waals surface area (Å²) in [7, 11) is 0. The molecule has 0 bridgehead atoms. The van der Waals surface area contributed by atoms with Crippen molar-refractivity contribution in [3.8, 4) is 0 Å². The number of aromatic nitrogens is 2. The lowest BCUT2D eigenvalue weighted by Crippen LogP contribution is -2.40. The van der Waals surface area contributed by atoms with Crippen molar-refractivity contribution in [3.63, 3.8) is 0 Å². The van der Waals surface area contributed by atoms with Crippen LogP contribution in [0.5, 0.6) is 0 Å². The number of anilines is 2. The minimum Gasteiger partial charge on any atom is -0.338 e. The fraction of sp³-hybridized carbons (Fsp3) is 0.476. The second-order valence-electron chi connectivity index (χ2n) is 7.19. The van der Waals surface area contributed by atoms with Crippen LogP contribution in [0.1, 0.15) is 68.4 Å². The normalized spacial score (nSPS) is 17.4. The van der Waals surface area contributed by atoms with E-state index in [9.17, 15) is 4.79 Å². The molecule has 26 heavy (non-hydrogen) atoms. The molecule has 0 spiro atoms. The van der Waals surface area contributed by atoms with Crippen molar-refractivity contribution < 1.29 is 4.79 Å². The quantitative estimate of drug-likeness (QED) is 0.853. The van der Waals surface area contributed by atoms with Crippen molar-refractivity contribution in [2.45, 2.75) is 58.4 Å². The molecule has 1 N–H and O–H groups in total. The van der Waals surface area contributed by atoms with Gasteiger partial charge in [-0.25, -0.2) is 9.97 Å². The molecule has 1 fully saturated rings. The largest absolute Gasteiger partial charge is 0.338 e. The van der Waals surface area contributed by atoms with Crippen LogP contribution in [0.4, 0.5) is 11.6 Å². The van der Waals surface area contributed by atoms with Gasteiger partial charge in [0.15, 0.2) is 0 Å². The zero-order chi connectivity index (χ0) is 18.5. The van der Waals surface area contributed by atoms with Gasteiger partial charge in [0.25, 0.3) is 5.91 Å². The molecule has 5 nitrogen and oxygen atoms in total. The number of hydrogen-bond acceptors (Lipinski definition) is 4. The Hall–Kier alpha value is -2.43. The molecule has 5 heteroatoms. The van der Waals surface area contributed by atoms with Crippen LogP contribution in [0.15, 0.2) is 36.5 Å². The molecule has 0 saturated carbocycles. The molecule has 1 aromatic heterocycles. The Morgan fingerprint density at radius 1 is 1.27 bits per heavy atom. The number of benzene rings is 1. The van der Waals surface area contributed by atoms with Gasteiger partial charge in [0, 0.05) is 24.5 Å². The van der Waals surface area contributed by atoms with Crippen molar-refractivity contribution in [2.24, 2.45) is 0 Å². The second-order valence-corrected chi connectivity index (χ2v) is 7.19. The van der Waals surface area contributed by atoms with E-state index in [0.29, 0.717) is 23.6 Å². The molecule has 2 heterocycles. The maximum absolute atomic E-state index is 12.8. The molecular formula is C21H28N4O. The summed E-state index contributed by atoms with van der Waals surface area (Å²) in [5.41, 5.74) is 2.38. The summed E-state index contributed by atoms with van der Waals surface area (Å²) in [5, 5.41) is 3.02. The third-order valence-electron chi connectivity index (χ3n) is 5.06. The third kappa shape index (κ3) is 4.03. The molecular weight excluding hydrogens is 324 g/mol. The Labute approximate surface area is 155 Å². The molecule has 1 unspecified atom stereocenters. The predicted octanol–water partition coefficient (Wildman–Crippen LogP) is 4.62. The van der Waals surface area contributed by atoms with Crippen molar-refractivity contribution >= 4 is 17.5 Å². The van der Waals surface area contributed by atoms with Gasteiger partial charge in [-0.1, -0.05) is 39.0 Å². The Morgan fingerprint density at radius 2 is 2.08 bits per heavy atom. The van der Waals surface area contributed by atoms with Gasteiger partial charge >= 0.3 is 0 Å². The highest BCUT2D eigenvalue weighted by Gasteiger charge is 2.24. The maximum atomic E-state index is 12.8. The van der Waals surface area contributed by atoms with E-state index in [1.54, 1.807) is 12.3 Å². The molecule has 1 saturated heterocycles. The highest BCUT2D eigenvalue weighted by molar-refractivity contribution is 6.03. The molecule has 138 valence electrons. The molecule has 1 aliphatic rings. The first kappa shape index (κ1) is 18.4. The zero-order valence-corrected chi connectivity index (χ0v) is 15.9. The van der Waals surface area contributed by atoms with Crippen LogP contribution < -0.4 is 10.2 Å². The molecule has 1 aliphatic heterocycles. The van der Waals surface area contributed by atoms with Gasteiger partial charge in [0.1, 0.15) is 5.69 Å². The monoisotopic (exact) mass is 352 g/mol. The maximum Gasteiger partial charge on any atom is 0.274 e. The van der Waals surface area contributed by atoms with Crippen molar-refractivity contribution in [3.05, 3.63) is 47.8 Å². The van der Waals surface area contributed by atoms with E-state index in [1.807, 2.05) is 24.3 Å². The fourth-order valence-electron chi connectivity index (χ4n) is 3.60. The van der Waals surface area contributed by atoms with Crippen LogP contribution in [-0.4, -0.2) is 28.5 Å².